The molecule has 3 aromatic rings. The van der Waals surface area contributed by atoms with E-state index in [0.29, 0.717) is 5.92 Å². The molecule has 1 aromatic carbocycles. The number of hydrogen-bond acceptors (Lipinski definition) is 1. The van der Waals surface area contributed by atoms with E-state index in [1.54, 1.807) is 0 Å². The first-order valence-corrected chi connectivity index (χ1v) is 7.26. The van der Waals surface area contributed by atoms with Crippen molar-refractivity contribution in [3.63, 3.8) is 0 Å². The van der Waals surface area contributed by atoms with E-state index >= 15 is 0 Å². The van der Waals surface area contributed by atoms with Crippen molar-refractivity contribution < 1.29 is 0 Å². The van der Waals surface area contributed by atoms with Crippen LogP contribution in [0.1, 0.15) is 37.8 Å². The molecule has 2 aromatic heterocycles. The molecule has 2 nitrogen and oxygen atoms in total. The second kappa shape index (κ2) is 5.12. The molecule has 0 amide bonds. The lowest BCUT2D eigenvalue weighted by molar-refractivity contribution is 0.831. The lowest BCUT2D eigenvalue weighted by Gasteiger charge is -2.11. The highest BCUT2D eigenvalue weighted by Gasteiger charge is 2.10. The topological polar surface area (TPSA) is 17.3 Å². The summed E-state index contributed by atoms with van der Waals surface area (Å²) in [5, 5.41) is 0. The number of nitrogens with zero attached hydrogens (tertiary/aromatic N) is 2. The summed E-state index contributed by atoms with van der Waals surface area (Å²) in [4.78, 5) is 4.75. The molecular weight excluding hydrogens is 244 g/mol. The molecule has 0 spiro atoms. The fourth-order valence-electron chi connectivity index (χ4n) is 2.66. The van der Waals surface area contributed by atoms with Gasteiger partial charge in [0, 0.05) is 18.0 Å². The highest BCUT2D eigenvalue weighted by molar-refractivity contribution is 5.63. The standard InChI is InChI=1S/C18H20N2/c1-4-14-10-18-19-17(15-8-6-5-7-9-15)12-20(18)11-16(14)13(2)3/h5-13H,4H2,1-3H3. The zero-order valence-corrected chi connectivity index (χ0v) is 12.3. The lowest BCUT2D eigenvalue weighted by Crippen LogP contribution is -1.98. The number of benzene rings is 1. The van der Waals surface area contributed by atoms with Crippen LogP contribution in [0.5, 0.6) is 0 Å². The van der Waals surface area contributed by atoms with Gasteiger partial charge >= 0.3 is 0 Å². The molecule has 0 radical (unpaired) electrons. The third-order valence-corrected chi connectivity index (χ3v) is 3.79. The maximum atomic E-state index is 4.75. The minimum Gasteiger partial charge on any atom is -0.306 e. The second-order valence-corrected chi connectivity index (χ2v) is 5.52. The molecule has 102 valence electrons. The van der Waals surface area contributed by atoms with Crippen molar-refractivity contribution in [2.45, 2.75) is 33.1 Å². The highest BCUT2D eigenvalue weighted by Crippen LogP contribution is 2.24. The van der Waals surface area contributed by atoms with Crippen molar-refractivity contribution in [2.75, 3.05) is 0 Å². The van der Waals surface area contributed by atoms with Gasteiger partial charge in [-0.25, -0.2) is 4.98 Å². The molecular formula is C18H20N2. The predicted molar refractivity (Wildman–Crippen MR) is 84.1 cm³/mol. The first kappa shape index (κ1) is 12.9. The van der Waals surface area contributed by atoms with Gasteiger partial charge in [-0.1, -0.05) is 51.1 Å². The Morgan fingerprint density at radius 2 is 1.85 bits per heavy atom. The third kappa shape index (κ3) is 2.22. The molecule has 20 heavy (non-hydrogen) atoms. The van der Waals surface area contributed by atoms with Gasteiger partial charge in [-0.2, -0.15) is 0 Å². The van der Waals surface area contributed by atoms with E-state index in [2.05, 4.69) is 67.9 Å². The minimum atomic E-state index is 0.539. The van der Waals surface area contributed by atoms with E-state index in [0.717, 1.165) is 17.8 Å². The van der Waals surface area contributed by atoms with Gasteiger partial charge in [0.1, 0.15) is 5.65 Å². The van der Waals surface area contributed by atoms with E-state index < -0.39 is 0 Å². The van der Waals surface area contributed by atoms with Crippen LogP contribution < -0.4 is 0 Å². The normalized spacial score (nSPS) is 11.4. The summed E-state index contributed by atoms with van der Waals surface area (Å²) in [6.45, 7) is 6.70. The average Bonchev–Trinajstić information content (AvgIpc) is 2.89. The number of rotatable bonds is 3. The van der Waals surface area contributed by atoms with Crippen LogP contribution in [0.3, 0.4) is 0 Å². The maximum absolute atomic E-state index is 4.75. The first-order chi connectivity index (χ1) is 9.69. The Labute approximate surface area is 120 Å². The van der Waals surface area contributed by atoms with Crippen molar-refractivity contribution in [1.82, 2.24) is 9.38 Å². The lowest BCUT2D eigenvalue weighted by atomic mass is 9.98. The summed E-state index contributed by atoms with van der Waals surface area (Å²) in [6.07, 6.45) is 5.41. The van der Waals surface area contributed by atoms with Gasteiger partial charge in [-0.15, -0.1) is 0 Å². The van der Waals surface area contributed by atoms with Crippen LogP contribution in [0.15, 0.2) is 48.8 Å². The summed E-state index contributed by atoms with van der Waals surface area (Å²) in [5.41, 5.74) is 6.05. The number of hydrogen-bond donors (Lipinski definition) is 0. The quantitative estimate of drug-likeness (QED) is 0.671. The van der Waals surface area contributed by atoms with E-state index in [4.69, 9.17) is 4.98 Å². The highest BCUT2D eigenvalue weighted by atomic mass is 15.0. The van der Waals surface area contributed by atoms with Gasteiger partial charge in [0.25, 0.3) is 0 Å². The third-order valence-electron chi connectivity index (χ3n) is 3.79. The molecule has 0 saturated heterocycles. The number of aromatic nitrogens is 2. The van der Waals surface area contributed by atoms with E-state index in [9.17, 15) is 0 Å². The Kier molecular flexibility index (Phi) is 3.31. The minimum absolute atomic E-state index is 0.539. The Balaban J connectivity index is 2.16. The van der Waals surface area contributed by atoms with Crippen LogP contribution in [-0.2, 0) is 6.42 Å². The van der Waals surface area contributed by atoms with Crippen LogP contribution in [0.4, 0.5) is 0 Å². The second-order valence-electron chi connectivity index (χ2n) is 5.52. The Morgan fingerprint density at radius 3 is 2.50 bits per heavy atom. The van der Waals surface area contributed by atoms with E-state index in [-0.39, 0.29) is 0 Å². The molecule has 0 atom stereocenters. The van der Waals surface area contributed by atoms with Crippen molar-refractivity contribution in [3.8, 4) is 11.3 Å². The molecule has 0 unspecified atom stereocenters. The van der Waals surface area contributed by atoms with E-state index in [1.165, 1.54) is 16.7 Å². The molecule has 0 aliphatic carbocycles. The number of pyridine rings is 1. The van der Waals surface area contributed by atoms with E-state index in [1.807, 2.05) is 6.07 Å². The molecule has 0 N–H and O–H groups in total. The van der Waals surface area contributed by atoms with Crippen molar-refractivity contribution in [3.05, 3.63) is 59.9 Å². The first-order valence-electron chi connectivity index (χ1n) is 7.26. The van der Waals surface area contributed by atoms with Gasteiger partial charge in [0.2, 0.25) is 0 Å². The van der Waals surface area contributed by atoms with Gasteiger partial charge in [0.05, 0.1) is 5.69 Å². The number of imidazole rings is 1. The zero-order valence-electron chi connectivity index (χ0n) is 12.3. The summed E-state index contributed by atoms with van der Waals surface area (Å²) in [6, 6.07) is 12.6. The molecule has 0 aliphatic heterocycles. The van der Waals surface area contributed by atoms with Crippen molar-refractivity contribution in [1.29, 1.82) is 0 Å². The maximum Gasteiger partial charge on any atom is 0.137 e. The van der Waals surface area contributed by atoms with Crippen LogP contribution in [0.25, 0.3) is 16.9 Å². The molecule has 0 saturated carbocycles. The molecule has 0 bridgehead atoms. The zero-order chi connectivity index (χ0) is 14.1. The van der Waals surface area contributed by atoms with Crippen LogP contribution in [0.2, 0.25) is 0 Å². The predicted octanol–water partition coefficient (Wildman–Crippen LogP) is 4.69. The monoisotopic (exact) mass is 264 g/mol. The van der Waals surface area contributed by atoms with Crippen molar-refractivity contribution in [2.24, 2.45) is 0 Å². The SMILES string of the molecule is CCc1cc2nc(-c3ccccc3)cn2cc1C(C)C. The smallest absolute Gasteiger partial charge is 0.137 e. The average molecular weight is 264 g/mol. The molecule has 0 fully saturated rings. The largest absolute Gasteiger partial charge is 0.306 e. The molecule has 3 rings (SSSR count). The fourth-order valence-corrected chi connectivity index (χ4v) is 2.66. The van der Waals surface area contributed by atoms with Crippen molar-refractivity contribution >= 4 is 5.65 Å². The number of fused-ring (bicyclic) bond motifs is 1. The molecule has 2 heterocycles. The van der Waals surface area contributed by atoms with Gasteiger partial charge in [0.15, 0.2) is 0 Å². The van der Waals surface area contributed by atoms with Crippen LogP contribution in [0, 0.1) is 0 Å². The van der Waals surface area contributed by atoms with Crippen LogP contribution in [-0.4, -0.2) is 9.38 Å². The van der Waals surface area contributed by atoms with Gasteiger partial charge < -0.3 is 4.40 Å². The Bertz CT molecular complexity index is 724. The van der Waals surface area contributed by atoms with Gasteiger partial charge in [-0.05, 0) is 29.5 Å². The molecule has 2 heteroatoms. The van der Waals surface area contributed by atoms with Gasteiger partial charge in [-0.3, -0.25) is 0 Å². The van der Waals surface area contributed by atoms with Crippen LogP contribution >= 0.6 is 0 Å². The Morgan fingerprint density at radius 1 is 1.10 bits per heavy atom. The summed E-state index contributed by atoms with van der Waals surface area (Å²) in [7, 11) is 0. The molecule has 0 aliphatic rings. The number of aryl methyl sites for hydroxylation is 1. The Hall–Kier alpha value is -2.09. The fraction of sp³-hybridized carbons (Fsp3) is 0.278. The summed E-state index contributed by atoms with van der Waals surface area (Å²) in [5.74, 6) is 0.539. The summed E-state index contributed by atoms with van der Waals surface area (Å²) < 4.78 is 2.15. The summed E-state index contributed by atoms with van der Waals surface area (Å²) >= 11 is 0.